The van der Waals surface area contributed by atoms with Crippen molar-refractivity contribution in [3.63, 3.8) is 0 Å². The Hall–Kier alpha value is -3.09. The predicted octanol–water partition coefficient (Wildman–Crippen LogP) is 2.17. The summed E-state index contributed by atoms with van der Waals surface area (Å²) in [6.07, 6.45) is 1.85. The lowest BCUT2D eigenvalue weighted by molar-refractivity contribution is -0.142. The zero-order chi connectivity index (χ0) is 21.0. The van der Waals surface area contributed by atoms with E-state index in [2.05, 4.69) is 0 Å². The van der Waals surface area contributed by atoms with Crippen molar-refractivity contribution in [3.8, 4) is 0 Å². The van der Waals surface area contributed by atoms with Crippen LogP contribution in [0.4, 0.5) is 0 Å². The fourth-order valence-corrected chi connectivity index (χ4v) is 3.71. The number of rotatable bonds is 6. The first-order valence-electron chi connectivity index (χ1n) is 9.90. The van der Waals surface area contributed by atoms with Gasteiger partial charge >= 0.3 is 0 Å². The molecular weight excluding hydrogens is 370 g/mol. The third-order valence-electron chi connectivity index (χ3n) is 5.39. The first-order chi connectivity index (χ1) is 14.0. The van der Waals surface area contributed by atoms with Gasteiger partial charge in [0.25, 0.3) is 5.91 Å². The summed E-state index contributed by atoms with van der Waals surface area (Å²) in [5.74, 6) is -0.485. The summed E-state index contributed by atoms with van der Waals surface area (Å²) >= 11 is 0. The molecule has 1 aromatic carbocycles. The molecule has 0 fully saturated rings. The Balaban J connectivity index is 1.84. The fraction of sp³-hybridized carbons (Fsp3) is 0.409. The van der Waals surface area contributed by atoms with Crippen LogP contribution in [0.3, 0.4) is 0 Å². The number of fused-ring (bicyclic) bond motifs is 1. The molecule has 7 nitrogen and oxygen atoms in total. The SMILES string of the molecule is CCN(CC)C(=O)CN(C)C(=O)C1Cc2ccccc2CN1C(=O)c1ccco1. The molecule has 154 valence electrons. The zero-order valence-electron chi connectivity index (χ0n) is 17.1. The molecule has 1 aromatic heterocycles. The predicted molar refractivity (Wildman–Crippen MR) is 108 cm³/mol. The summed E-state index contributed by atoms with van der Waals surface area (Å²) in [5, 5.41) is 0. The fourth-order valence-electron chi connectivity index (χ4n) is 3.71. The van der Waals surface area contributed by atoms with Crippen LogP contribution in [-0.2, 0) is 22.6 Å². The van der Waals surface area contributed by atoms with Crippen LogP contribution in [0.5, 0.6) is 0 Å². The molecule has 0 radical (unpaired) electrons. The van der Waals surface area contributed by atoms with Gasteiger partial charge in [-0.3, -0.25) is 14.4 Å². The second-order valence-electron chi connectivity index (χ2n) is 7.16. The number of carbonyl (C=O) groups excluding carboxylic acids is 3. The Labute approximate surface area is 170 Å². The average Bonchev–Trinajstić information content (AvgIpc) is 3.27. The minimum absolute atomic E-state index is 0.0125. The molecule has 1 atom stereocenters. The van der Waals surface area contributed by atoms with Gasteiger partial charge in [-0.2, -0.15) is 0 Å². The van der Waals surface area contributed by atoms with Crippen molar-refractivity contribution in [1.29, 1.82) is 0 Å². The van der Waals surface area contributed by atoms with E-state index < -0.39 is 6.04 Å². The third kappa shape index (κ3) is 4.34. The van der Waals surface area contributed by atoms with Gasteiger partial charge in [0, 0.05) is 33.1 Å². The zero-order valence-corrected chi connectivity index (χ0v) is 17.1. The molecule has 0 saturated carbocycles. The molecule has 7 heteroatoms. The van der Waals surface area contributed by atoms with Crippen LogP contribution in [-0.4, -0.2) is 65.1 Å². The number of furan rings is 1. The van der Waals surface area contributed by atoms with Crippen molar-refractivity contribution in [1.82, 2.24) is 14.7 Å². The van der Waals surface area contributed by atoms with Crippen LogP contribution < -0.4 is 0 Å². The Morgan fingerprint density at radius 3 is 2.38 bits per heavy atom. The highest BCUT2D eigenvalue weighted by atomic mass is 16.3. The van der Waals surface area contributed by atoms with Crippen LogP contribution in [0.25, 0.3) is 0 Å². The minimum Gasteiger partial charge on any atom is -0.459 e. The second kappa shape index (κ2) is 8.94. The molecule has 0 N–H and O–H groups in total. The summed E-state index contributed by atoms with van der Waals surface area (Å²) in [6, 6.07) is 10.4. The van der Waals surface area contributed by atoms with Crippen molar-refractivity contribution in [3.05, 3.63) is 59.5 Å². The number of amides is 3. The number of hydrogen-bond acceptors (Lipinski definition) is 4. The highest BCUT2D eigenvalue weighted by molar-refractivity contribution is 5.96. The van der Waals surface area contributed by atoms with Crippen molar-refractivity contribution in [2.24, 2.45) is 0 Å². The van der Waals surface area contributed by atoms with Crippen LogP contribution in [0, 0.1) is 0 Å². The lowest BCUT2D eigenvalue weighted by Crippen LogP contribution is -2.54. The van der Waals surface area contributed by atoms with E-state index in [4.69, 9.17) is 4.42 Å². The van der Waals surface area contributed by atoms with Gasteiger partial charge in [0.15, 0.2) is 5.76 Å². The molecule has 0 bridgehead atoms. The van der Waals surface area contributed by atoms with Gasteiger partial charge in [-0.1, -0.05) is 24.3 Å². The number of carbonyl (C=O) groups is 3. The van der Waals surface area contributed by atoms with Crippen LogP contribution >= 0.6 is 0 Å². The van der Waals surface area contributed by atoms with E-state index in [1.807, 2.05) is 38.1 Å². The van der Waals surface area contributed by atoms with Gasteiger partial charge in [0.1, 0.15) is 6.04 Å². The monoisotopic (exact) mass is 397 g/mol. The maximum absolute atomic E-state index is 13.3. The van der Waals surface area contributed by atoms with E-state index >= 15 is 0 Å². The minimum atomic E-state index is -0.683. The molecule has 1 unspecified atom stereocenters. The molecule has 1 aliphatic rings. The summed E-state index contributed by atoms with van der Waals surface area (Å²) in [4.78, 5) is 43.4. The number of benzene rings is 1. The van der Waals surface area contributed by atoms with E-state index in [9.17, 15) is 14.4 Å². The smallest absolute Gasteiger partial charge is 0.290 e. The molecule has 0 saturated heterocycles. The van der Waals surface area contributed by atoms with E-state index in [-0.39, 0.29) is 30.0 Å². The van der Waals surface area contributed by atoms with E-state index in [0.29, 0.717) is 26.1 Å². The summed E-state index contributed by atoms with van der Waals surface area (Å²) in [5.41, 5.74) is 2.05. The van der Waals surface area contributed by atoms with Gasteiger partial charge in [0.05, 0.1) is 12.8 Å². The van der Waals surface area contributed by atoms with Gasteiger partial charge in [0.2, 0.25) is 11.8 Å². The maximum atomic E-state index is 13.3. The summed E-state index contributed by atoms with van der Waals surface area (Å²) in [6.45, 7) is 5.32. The molecular formula is C22H27N3O4. The average molecular weight is 397 g/mol. The maximum Gasteiger partial charge on any atom is 0.290 e. The van der Waals surface area contributed by atoms with Crippen LogP contribution in [0.1, 0.15) is 35.5 Å². The van der Waals surface area contributed by atoms with E-state index in [1.165, 1.54) is 11.2 Å². The molecule has 29 heavy (non-hydrogen) atoms. The van der Waals surface area contributed by atoms with Gasteiger partial charge < -0.3 is 19.1 Å². The first kappa shape index (κ1) is 20.6. The largest absolute Gasteiger partial charge is 0.459 e. The molecule has 1 aliphatic heterocycles. The normalized spacial score (nSPS) is 15.6. The quantitative estimate of drug-likeness (QED) is 0.749. The third-order valence-corrected chi connectivity index (χ3v) is 5.39. The molecule has 3 rings (SSSR count). The lowest BCUT2D eigenvalue weighted by Gasteiger charge is -2.37. The van der Waals surface area contributed by atoms with Crippen molar-refractivity contribution in [2.75, 3.05) is 26.7 Å². The number of nitrogens with zero attached hydrogens (tertiary/aromatic N) is 3. The van der Waals surface area contributed by atoms with Crippen molar-refractivity contribution in [2.45, 2.75) is 32.9 Å². The van der Waals surface area contributed by atoms with Crippen molar-refractivity contribution >= 4 is 17.7 Å². The summed E-state index contributed by atoms with van der Waals surface area (Å²) < 4.78 is 5.27. The number of hydrogen-bond donors (Lipinski definition) is 0. The Kier molecular flexibility index (Phi) is 6.36. The first-order valence-corrected chi connectivity index (χ1v) is 9.90. The highest BCUT2D eigenvalue weighted by Gasteiger charge is 2.37. The lowest BCUT2D eigenvalue weighted by atomic mass is 9.93. The topological polar surface area (TPSA) is 74.1 Å². The van der Waals surface area contributed by atoms with E-state index in [0.717, 1.165) is 11.1 Å². The Morgan fingerprint density at radius 1 is 1.07 bits per heavy atom. The van der Waals surface area contributed by atoms with Gasteiger partial charge in [-0.15, -0.1) is 0 Å². The highest BCUT2D eigenvalue weighted by Crippen LogP contribution is 2.26. The van der Waals surface area contributed by atoms with Crippen LogP contribution in [0.15, 0.2) is 47.1 Å². The Bertz CT molecular complexity index is 874. The molecule has 3 amide bonds. The van der Waals surface area contributed by atoms with Gasteiger partial charge in [-0.25, -0.2) is 0 Å². The standard InChI is InChI=1S/C22H27N3O4/c1-4-24(5-2)20(26)15-23(3)21(27)18-13-16-9-6-7-10-17(16)14-25(18)22(28)19-11-8-12-29-19/h6-12,18H,4-5,13-15H2,1-3H3. The molecule has 0 spiro atoms. The van der Waals surface area contributed by atoms with E-state index in [1.54, 1.807) is 29.0 Å². The number of likely N-dealkylation sites (N-methyl/N-ethyl adjacent to an activating group) is 2. The molecule has 0 aliphatic carbocycles. The van der Waals surface area contributed by atoms with Gasteiger partial charge in [-0.05, 0) is 37.1 Å². The van der Waals surface area contributed by atoms with Crippen molar-refractivity contribution < 1.29 is 18.8 Å². The Morgan fingerprint density at radius 2 is 1.76 bits per heavy atom. The summed E-state index contributed by atoms with van der Waals surface area (Å²) in [7, 11) is 1.61. The molecule has 2 aromatic rings. The second-order valence-corrected chi connectivity index (χ2v) is 7.16. The molecule has 2 heterocycles. The van der Waals surface area contributed by atoms with Crippen LogP contribution in [0.2, 0.25) is 0 Å².